The number of amides is 2. The summed E-state index contributed by atoms with van der Waals surface area (Å²) in [4.78, 5) is 12.2. The Balaban J connectivity index is 2.65. The monoisotopic (exact) mass is 129 g/mol. The molecule has 1 fully saturated rings. The minimum atomic E-state index is -0.169. The van der Waals surface area contributed by atoms with E-state index in [9.17, 15) is 4.79 Å². The van der Waals surface area contributed by atoms with Gasteiger partial charge in [-0.3, -0.25) is 0 Å². The SMILES string of the molecule is CC1NC(=O)N(C)C1N. The van der Waals surface area contributed by atoms with Crippen molar-refractivity contribution in [2.45, 2.75) is 19.1 Å². The molecular formula is C5H11N3O. The molecule has 0 saturated carbocycles. The topological polar surface area (TPSA) is 58.4 Å². The number of nitrogens with zero attached hydrogens (tertiary/aromatic N) is 1. The van der Waals surface area contributed by atoms with Gasteiger partial charge in [-0.2, -0.15) is 0 Å². The maximum absolute atomic E-state index is 10.7. The smallest absolute Gasteiger partial charge is 0.318 e. The fraction of sp³-hybridized carbons (Fsp3) is 0.800. The van der Waals surface area contributed by atoms with Crippen molar-refractivity contribution < 1.29 is 4.79 Å². The molecule has 0 aliphatic carbocycles. The average Bonchev–Trinajstić information content (AvgIpc) is 1.98. The van der Waals surface area contributed by atoms with Crippen LogP contribution >= 0.6 is 0 Å². The molecule has 9 heavy (non-hydrogen) atoms. The zero-order chi connectivity index (χ0) is 7.02. The fourth-order valence-electron chi connectivity index (χ4n) is 0.853. The van der Waals surface area contributed by atoms with Crippen LogP contribution in [-0.2, 0) is 0 Å². The van der Waals surface area contributed by atoms with E-state index in [4.69, 9.17) is 5.73 Å². The van der Waals surface area contributed by atoms with Gasteiger partial charge in [0.1, 0.15) is 6.17 Å². The highest BCUT2D eigenvalue weighted by molar-refractivity contribution is 5.77. The Morgan fingerprint density at radius 2 is 2.33 bits per heavy atom. The first-order chi connectivity index (χ1) is 4.13. The molecule has 0 aromatic heterocycles. The molecule has 0 spiro atoms. The van der Waals surface area contributed by atoms with Crippen molar-refractivity contribution in [3.05, 3.63) is 0 Å². The predicted octanol–water partition coefficient (Wildman–Crippen LogP) is -0.685. The Bertz CT molecular complexity index is 136. The molecule has 2 amide bonds. The molecule has 0 aromatic carbocycles. The van der Waals surface area contributed by atoms with Gasteiger partial charge in [-0.05, 0) is 6.92 Å². The van der Waals surface area contributed by atoms with Gasteiger partial charge < -0.3 is 16.0 Å². The molecule has 1 rings (SSSR count). The maximum atomic E-state index is 10.7. The molecule has 1 aliphatic heterocycles. The van der Waals surface area contributed by atoms with E-state index >= 15 is 0 Å². The lowest BCUT2D eigenvalue weighted by molar-refractivity contribution is 0.216. The molecule has 2 atom stereocenters. The lowest BCUT2D eigenvalue weighted by Crippen LogP contribution is -2.40. The second-order valence-electron chi connectivity index (χ2n) is 2.34. The number of nitrogens with one attached hydrogen (secondary N) is 1. The van der Waals surface area contributed by atoms with Crippen LogP contribution in [0.3, 0.4) is 0 Å². The number of rotatable bonds is 0. The van der Waals surface area contributed by atoms with E-state index in [1.54, 1.807) is 7.05 Å². The largest absolute Gasteiger partial charge is 0.332 e. The minimum Gasteiger partial charge on any atom is -0.332 e. The van der Waals surface area contributed by atoms with Gasteiger partial charge in [-0.1, -0.05) is 0 Å². The first kappa shape index (κ1) is 6.35. The summed E-state index contributed by atoms with van der Waals surface area (Å²) in [6, 6.07) is -0.0162. The summed E-state index contributed by atoms with van der Waals surface area (Å²) in [5, 5.41) is 2.68. The normalized spacial score (nSPS) is 35.0. The molecule has 0 radical (unpaired) electrons. The standard InChI is InChI=1S/C5H11N3O/c1-3-4(6)8(2)5(9)7-3/h3-4H,6H2,1-2H3,(H,7,9). The number of urea groups is 1. The zero-order valence-corrected chi connectivity index (χ0v) is 5.59. The van der Waals surface area contributed by atoms with Gasteiger partial charge in [0.2, 0.25) is 0 Å². The fourth-order valence-corrected chi connectivity index (χ4v) is 0.853. The molecule has 1 aliphatic rings. The first-order valence-corrected chi connectivity index (χ1v) is 2.92. The van der Waals surface area contributed by atoms with Crippen LogP contribution in [0.25, 0.3) is 0 Å². The van der Waals surface area contributed by atoms with Crippen LogP contribution in [-0.4, -0.2) is 30.2 Å². The Morgan fingerprint density at radius 3 is 2.44 bits per heavy atom. The van der Waals surface area contributed by atoms with Gasteiger partial charge in [0, 0.05) is 7.05 Å². The number of nitrogens with two attached hydrogens (primary N) is 1. The predicted molar refractivity (Wildman–Crippen MR) is 33.7 cm³/mol. The summed E-state index contributed by atoms with van der Waals surface area (Å²) in [5.74, 6) is 0. The lowest BCUT2D eigenvalue weighted by atomic mass is 10.3. The van der Waals surface area contributed by atoms with E-state index < -0.39 is 0 Å². The lowest BCUT2D eigenvalue weighted by Gasteiger charge is -2.14. The highest BCUT2D eigenvalue weighted by Gasteiger charge is 2.30. The highest BCUT2D eigenvalue weighted by Crippen LogP contribution is 2.04. The summed E-state index contributed by atoms with van der Waals surface area (Å²) in [7, 11) is 1.68. The third-order valence-electron chi connectivity index (χ3n) is 1.63. The third-order valence-corrected chi connectivity index (χ3v) is 1.63. The van der Waals surface area contributed by atoms with Crippen molar-refractivity contribution in [2.75, 3.05) is 7.05 Å². The van der Waals surface area contributed by atoms with E-state index in [1.165, 1.54) is 4.90 Å². The molecular weight excluding hydrogens is 118 g/mol. The molecule has 0 bridgehead atoms. The first-order valence-electron chi connectivity index (χ1n) is 2.92. The summed E-state index contributed by atoms with van der Waals surface area (Å²) in [5.41, 5.74) is 5.55. The van der Waals surface area contributed by atoms with Gasteiger partial charge in [-0.25, -0.2) is 4.79 Å². The van der Waals surface area contributed by atoms with Crippen molar-refractivity contribution in [3.8, 4) is 0 Å². The summed E-state index contributed by atoms with van der Waals surface area (Å²) in [6.45, 7) is 1.88. The minimum absolute atomic E-state index is 0.0718. The van der Waals surface area contributed by atoms with Crippen LogP contribution in [0.2, 0.25) is 0 Å². The van der Waals surface area contributed by atoms with Gasteiger partial charge in [-0.15, -0.1) is 0 Å². The second kappa shape index (κ2) is 1.88. The summed E-state index contributed by atoms with van der Waals surface area (Å²) in [6.07, 6.45) is -0.169. The molecule has 1 heterocycles. The van der Waals surface area contributed by atoms with E-state index in [0.717, 1.165) is 0 Å². The molecule has 4 nitrogen and oxygen atoms in total. The third kappa shape index (κ3) is 0.853. The van der Waals surface area contributed by atoms with Crippen molar-refractivity contribution in [3.63, 3.8) is 0 Å². The van der Waals surface area contributed by atoms with Gasteiger partial charge in [0.25, 0.3) is 0 Å². The number of likely N-dealkylation sites (N-methyl/N-ethyl adjacent to an activating group) is 1. The number of hydrogen-bond acceptors (Lipinski definition) is 2. The maximum Gasteiger partial charge on any atom is 0.318 e. The van der Waals surface area contributed by atoms with E-state index in [0.29, 0.717) is 0 Å². The Morgan fingerprint density at radius 1 is 1.78 bits per heavy atom. The Kier molecular flexibility index (Phi) is 1.32. The average molecular weight is 129 g/mol. The zero-order valence-electron chi connectivity index (χ0n) is 5.59. The van der Waals surface area contributed by atoms with Crippen LogP contribution in [0.5, 0.6) is 0 Å². The molecule has 0 aromatic rings. The van der Waals surface area contributed by atoms with Gasteiger partial charge >= 0.3 is 6.03 Å². The van der Waals surface area contributed by atoms with E-state index in [2.05, 4.69) is 5.32 Å². The van der Waals surface area contributed by atoms with Crippen LogP contribution in [0.15, 0.2) is 0 Å². The number of hydrogen-bond donors (Lipinski definition) is 2. The quantitative estimate of drug-likeness (QED) is 0.455. The molecule has 1 saturated heterocycles. The van der Waals surface area contributed by atoms with Gasteiger partial charge in [0.05, 0.1) is 6.04 Å². The van der Waals surface area contributed by atoms with Crippen molar-refractivity contribution >= 4 is 6.03 Å². The second-order valence-corrected chi connectivity index (χ2v) is 2.34. The van der Waals surface area contributed by atoms with E-state index in [-0.39, 0.29) is 18.2 Å². The van der Waals surface area contributed by atoms with Crippen molar-refractivity contribution in [1.82, 2.24) is 10.2 Å². The Hall–Kier alpha value is -0.770. The highest BCUT2D eigenvalue weighted by atomic mass is 16.2. The van der Waals surface area contributed by atoms with Crippen molar-refractivity contribution in [2.24, 2.45) is 5.73 Å². The molecule has 52 valence electrons. The Labute approximate surface area is 54.0 Å². The summed E-state index contributed by atoms with van der Waals surface area (Å²) >= 11 is 0. The number of carbonyl (C=O) groups excluding carboxylic acids is 1. The number of carbonyl (C=O) groups is 1. The van der Waals surface area contributed by atoms with E-state index in [1.807, 2.05) is 6.92 Å². The van der Waals surface area contributed by atoms with Crippen LogP contribution in [0, 0.1) is 0 Å². The van der Waals surface area contributed by atoms with Crippen LogP contribution in [0.4, 0.5) is 4.79 Å². The molecule has 2 unspecified atom stereocenters. The van der Waals surface area contributed by atoms with Crippen LogP contribution < -0.4 is 11.1 Å². The molecule has 3 N–H and O–H groups in total. The van der Waals surface area contributed by atoms with Gasteiger partial charge in [0.15, 0.2) is 0 Å². The summed E-state index contributed by atoms with van der Waals surface area (Å²) < 4.78 is 0. The molecule has 4 heteroatoms. The van der Waals surface area contributed by atoms with Crippen LogP contribution in [0.1, 0.15) is 6.92 Å². The van der Waals surface area contributed by atoms with Crippen molar-refractivity contribution in [1.29, 1.82) is 0 Å².